The summed E-state index contributed by atoms with van der Waals surface area (Å²) in [6.45, 7) is 1.72. The monoisotopic (exact) mass is 299 g/mol. The van der Waals surface area contributed by atoms with Crippen LogP contribution in [0.25, 0.3) is 6.08 Å². The van der Waals surface area contributed by atoms with Gasteiger partial charge in [0.05, 0.1) is 6.10 Å². The number of likely N-dealkylation sites (tertiary alicyclic amines) is 1. The number of ether oxygens (including phenoxy) is 1. The first kappa shape index (κ1) is 15.3. The largest absolute Gasteiger partial charge is 0.381 e. The van der Waals surface area contributed by atoms with Gasteiger partial charge in [-0.15, -0.1) is 0 Å². The lowest BCUT2D eigenvalue weighted by Crippen LogP contribution is -2.49. The predicted molar refractivity (Wildman–Crippen MR) is 88.4 cm³/mol. The summed E-state index contributed by atoms with van der Waals surface area (Å²) in [6.07, 6.45) is 9.78. The maximum atomic E-state index is 12.5. The van der Waals surface area contributed by atoms with E-state index in [0.717, 1.165) is 31.5 Å². The Morgan fingerprint density at radius 3 is 2.82 bits per heavy atom. The Hall–Kier alpha value is -1.61. The molecule has 2 atom stereocenters. The molecule has 0 bridgehead atoms. The number of amides is 1. The number of carbonyl (C=O) groups is 1. The SMILES string of the molecule is CO[C@@H]1CCC[C@]12CCCN(C(=O)/C=C/c1ccccc1)C2. The molecule has 3 heteroatoms. The molecule has 118 valence electrons. The normalized spacial score (nSPS) is 28.6. The molecule has 1 aromatic rings. The number of hydrogen-bond donors (Lipinski definition) is 0. The predicted octanol–water partition coefficient (Wildman–Crippen LogP) is 3.51. The Kier molecular flexibility index (Phi) is 4.63. The van der Waals surface area contributed by atoms with Gasteiger partial charge in [-0.3, -0.25) is 4.79 Å². The van der Waals surface area contributed by atoms with Gasteiger partial charge >= 0.3 is 0 Å². The molecule has 1 spiro atoms. The van der Waals surface area contributed by atoms with Gasteiger partial charge in [-0.2, -0.15) is 0 Å². The van der Waals surface area contributed by atoms with Crippen LogP contribution in [-0.2, 0) is 9.53 Å². The standard InChI is InChI=1S/C19H25NO2/c1-22-17-9-5-12-19(17)13-6-14-20(15-19)18(21)11-10-16-7-3-2-4-8-16/h2-4,7-8,10-11,17H,5-6,9,12-15H2,1H3/b11-10+/t17-,19-/m1/s1. The van der Waals surface area contributed by atoms with Crippen LogP contribution in [0.5, 0.6) is 0 Å². The molecule has 0 radical (unpaired) electrons. The van der Waals surface area contributed by atoms with Crippen molar-refractivity contribution < 1.29 is 9.53 Å². The van der Waals surface area contributed by atoms with E-state index in [0.29, 0.717) is 6.10 Å². The Morgan fingerprint density at radius 2 is 2.05 bits per heavy atom. The van der Waals surface area contributed by atoms with Gasteiger partial charge < -0.3 is 9.64 Å². The van der Waals surface area contributed by atoms with E-state index in [1.807, 2.05) is 48.4 Å². The smallest absolute Gasteiger partial charge is 0.246 e. The number of carbonyl (C=O) groups excluding carboxylic acids is 1. The van der Waals surface area contributed by atoms with Gasteiger partial charge in [0.15, 0.2) is 0 Å². The second-order valence-corrected chi connectivity index (χ2v) is 6.59. The molecule has 0 aromatic heterocycles. The maximum absolute atomic E-state index is 12.5. The van der Waals surface area contributed by atoms with Gasteiger partial charge in [-0.1, -0.05) is 36.8 Å². The topological polar surface area (TPSA) is 29.5 Å². The molecule has 22 heavy (non-hydrogen) atoms. The van der Waals surface area contributed by atoms with Crippen LogP contribution >= 0.6 is 0 Å². The van der Waals surface area contributed by atoms with E-state index in [1.54, 1.807) is 6.08 Å². The van der Waals surface area contributed by atoms with Crippen molar-refractivity contribution in [3.63, 3.8) is 0 Å². The molecule has 0 unspecified atom stereocenters. The van der Waals surface area contributed by atoms with Crippen LogP contribution in [0.3, 0.4) is 0 Å². The molecule has 1 amide bonds. The third-order valence-electron chi connectivity index (χ3n) is 5.25. The van der Waals surface area contributed by atoms with Gasteiger partial charge in [0, 0.05) is 31.7 Å². The molecule has 1 aliphatic carbocycles. The van der Waals surface area contributed by atoms with Crippen molar-refractivity contribution in [2.75, 3.05) is 20.2 Å². The van der Waals surface area contributed by atoms with E-state index in [2.05, 4.69) is 0 Å². The number of nitrogens with zero attached hydrogens (tertiary/aromatic N) is 1. The van der Waals surface area contributed by atoms with Gasteiger partial charge in [-0.05, 0) is 37.3 Å². The quantitative estimate of drug-likeness (QED) is 0.799. The van der Waals surface area contributed by atoms with Gasteiger partial charge in [0.1, 0.15) is 0 Å². The third kappa shape index (κ3) is 3.09. The zero-order valence-corrected chi connectivity index (χ0v) is 13.3. The summed E-state index contributed by atoms with van der Waals surface area (Å²) >= 11 is 0. The molecule has 2 fully saturated rings. The molecule has 1 aliphatic heterocycles. The molecule has 3 rings (SSSR count). The number of rotatable bonds is 3. The fourth-order valence-corrected chi connectivity index (χ4v) is 4.13. The minimum absolute atomic E-state index is 0.129. The van der Waals surface area contributed by atoms with Gasteiger partial charge in [0.25, 0.3) is 0 Å². The minimum atomic E-state index is 0.129. The van der Waals surface area contributed by atoms with E-state index in [1.165, 1.54) is 19.3 Å². The third-order valence-corrected chi connectivity index (χ3v) is 5.25. The Morgan fingerprint density at radius 1 is 1.27 bits per heavy atom. The van der Waals surface area contributed by atoms with Crippen LogP contribution in [0.4, 0.5) is 0 Å². The van der Waals surface area contributed by atoms with E-state index in [9.17, 15) is 4.79 Å². The zero-order valence-electron chi connectivity index (χ0n) is 13.3. The van der Waals surface area contributed by atoms with Crippen LogP contribution in [0, 0.1) is 5.41 Å². The fraction of sp³-hybridized carbons (Fsp3) is 0.526. The van der Waals surface area contributed by atoms with E-state index in [4.69, 9.17) is 4.74 Å². The fourth-order valence-electron chi connectivity index (χ4n) is 4.13. The summed E-state index contributed by atoms with van der Waals surface area (Å²) in [5.74, 6) is 0.129. The highest BCUT2D eigenvalue weighted by atomic mass is 16.5. The van der Waals surface area contributed by atoms with Crippen molar-refractivity contribution in [1.29, 1.82) is 0 Å². The molecule has 1 saturated heterocycles. The van der Waals surface area contributed by atoms with Crippen LogP contribution in [0.15, 0.2) is 36.4 Å². The molecule has 0 N–H and O–H groups in total. The number of hydrogen-bond acceptors (Lipinski definition) is 2. The Balaban J connectivity index is 1.67. The summed E-state index contributed by atoms with van der Waals surface area (Å²) in [7, 11) is 1.81. The summed E-state index contributed by atoms with van der Waals surface area (Å²) in [5, 5.41) is 0. The van der Waals surface area contributed by atoms with E-state index < -0.39 is 0 Å². The van der Waals surface area contributed by atoms with Gasteiger partial charge in [0.2, 0.25) is 5.91 Å². The summed E-state index contributed by atoms with van der Waals surface area (Å²) in [5.41, 5.74) is 1.27. The lowest BCUT2D eigenvalue weighted by molar-refractivity contribution is -0.132. The summed E-state index contributed by atoms with van der Waals surface area (Å²) < 4.78 is 5.71. The first-order chi connectivity index (χ1) is 10.7. The first-order valence-corrected chi connectivity index (χ1v) is 8.28. The van der Waals surface area contributed by atoms with Crippen molar-refractivity contribution in [2.24, 2.45) is 5.41 Å². The van der Waals surface area contributed by atoms with Crippen molar-refractivity contribution in [2.45, 2.75) is 38.2 Å². The zero-order chi connectivity index (χ0) is 15.4. The summed E-state index contributed by atoms with van der Waals surface area (Å²) in [6, 6.07) is 9.99. The van der Waals surface area contributed by atoms with Crippen molar-refractivity contribution in [1.82, 2.24) is 4.90 Å². The number of piperidine rings is 1. The van der Waals surface area contributed by atoms with Gasteiger partial charge in [-0.25, -0.2) is 0 Å². The Bertz CT molecular complexity index is 540. The molecule has 1 heterocycles. The van der Waals surface area contributed by atoms with Crippen LogP contribution in [0.2, 0.25) is 0 Å². The van der Waals surface area contributed by atoms with Crippen molar-refractivity contribution in [3.05, 3.63) is 42.0 Å². The maximum Gasteiger partial charge on any atom is 0.246 e. The average molecular weight is 299 g/mol. The highest BCUT2D eigenvalue weighted by Crippen LogP contribution is 2.46. The lowest BCUT2D eigenvalue weighted by atomic mass is 9.76. The lowest BCUT2D eigenvalue weighted by Gasteiger charge is -2.43. The minimum Gasteiger partial charge on any atom is -0.381 e. The van der Waals surface area contributed by atoms with Crippen molar-refractivity contribution >= 4 is 12.0 Å². The molecular weight excluding hydrogens is 274 g/mol. The molecule has 2 aliphatic rings. The highest BCUT2D eigenvalue weighted by molar-refractivity contribution is 5.91. The average Bonchev–Trinajstić information content (AvgIpc) is 2.95. The molecule has 1 aromatic carbocycles. The summed E-state index contributed by atoms with van der Waals surface area (Å²) in [4.78, 5) is 14.5. The second-order valence-electron chi connectivity index (χ2n) is 6.59. The van der Waals surface area contributed by atoms with Crippen LogP contribution < -0.4 is 0 Å². The molecule has 3 nitrogen and oxygen atoms in total. The molecule has 1 saturated carbocycles. The second kappa shape index (κ2) is 6.66. The molecular formula is C19H25NO2. The van der Waals surface area contributed by atoms with Crippen molar-refractivity contribution in [3.8, 4) is 0 Å². The van der Waals surface area contributed by atoms with E-state index >= 15 is 0 Å². The first-order valence-electron chi connectivity index (χ1n) is 8.28. The number of benzene rings is 1. The van der Waals surface area contributed by atoms with Crippen LogP contribution in [0.1, 0.15) is 37.7 Å². The van der Waals surface area contributed by atoms with Crippen LogP contribution in [-0.4, -0.2) is 37.1 Å². The highest BCUT2D eigenvalue weighted by Gasteiger charge is 2.46. The number of methoxy groups -OCH3 is 1. The Labute approximate surface area is 133 Å². The van der Waals surface area contributed by atoms with E-state index in [-0.39, 0.29) is 11.3 Å².